The van der Waals surface area contributed by atoms with Crippen LogP contribution in [0.25, 0.3) is 22.1 Å². The van der Waals surface area contributed by atoms with Crippen molar-refractivity contribution >= 4 is 22.1 Å². The summed E-state index contributed by atoms with van der Waals surface area (Å²) in [7, 11) is 0. The maximum atomic E-state index is 8.99. The Hall–Kier alpha value is -2.47. The zero-order chi connectivity index (χ0) is 11.0. The van der Waals surface area contributed by atoms with Crippen LogP contribution in [0.3, 0.4) is 0 Å². The van der Waals surface area contributed by atoms with Gasteiger partial charge in [-0.05, 0) is 24.3 Å². The van der Waals surface area contributed by atoms with Crippen molar-refractivity contribution in [3.63, 3.8) is 0 Å². The van der Waals surface area contributed by atoms with E-state index in [4.69, 9.17) is 5.26 Å². The molecule has 0 N–H and O–H groups in total. The van der Waals surface area contributed by atoms with Crippen LogP contribution in [-0.2, 0) is 0 Å². The standard InChI is InChI=1S/C13H7N3/c14-8-9-4-3-7-12-13(9)16-11-6-2-1-5-10(11)15-12/h1-7H. The Labute approximate surface area is 92.0 Å². The van der Waals surface area contributed by atoms with Crippen LogP contribution in [0.1, 0.15) is 5.56 Å². The first kappa shape index (κ1) is 8.81. The quantitative estimate of drug-likeness (QED) is 0.530. The highest BCUT2D eigenvalue weighted by Crippen LogP contribution is 2.18. The number of nitriles is 1. The summed E-state index contributed by atoms with van der Waals surface area (Å²) in [5, 5.41) is 8.99. The fourth-order valence-electron chi connectivity index (χ4n) is 1.73. The summed E-state index contributed by atoms with van der Waals surface area (Å²) in [4.78, 5) is 8.94. The highest BCUT2D eigenvalue weighted by molar-refractivity contribution is 5.89. The summed E-state index contributed by atoms with van der Waals surface area (Å²) in [6.45, 7) is 0. The summed E-state index contributed by atoms with van der Waals surface area (Å²) in [5.74, 6) is 0. The highest BCUT2D eigenvalue weighted by atomic mass is 14.8. The molecule has 74 valence electrons. The average Bonchev–Trinajstić information content (AvgIpc) is 2.35. The lowest BCUT2D eigenvalue weighted by Crippen LogP contribution is -1.89. The van der Waals surface area contributed by atoms with E-state index in [0.29, 0.717) is 11.1 Å². The van der Waals surface area contributed by atoms with Gasteiger partial charge in [0.05, 0.1) is 22.1 Å². The molecule has 0 bridgehead atoms. The van der Waals surface area contributed by atoms with Crippen molar-refractivity contribution in [1.82, 2.24) is 9.97 Å². The number of para-hydroxylation sites is 3. The number of benzene rings is 2. The van der Waals surface area contributed by atoms with Gasteiger partial charge in [0.1, 0.15) is 11.6 Å². The molecule has 16 heavy (non-hydrogen) atoms. The van der Waals surface area contributed by atoms with Crippen molar-refractivity contribution in [1.29, 1.82) is 5.26 Å². The maximum Gasteiger partial charge on any atom is 0.107 e. The second-order valence-electron chi connectivity index (χ2n) is 3.50. The van der Waals surface area contributed by atoms with Crippen molar-refractivity contribution in [3.8, 4) is 6.07 Å². The first-order valence-electron chi connectivity index (χ1n) is 4.94. The summed E-state index contributed by atoms with van der Waals surface area (Å²) >= 11 is 0. The van der Waals surface area contributed by atoms with Crippen LogP contribution in [0.4, 0.5) is 0 Å². The van der Waals surface area contributed by atoms with Crippen LogP contribution >= 0.6 is 0 Å². The first-order chi connectivity index (χ1) is 7.88. The van der Waals surface area contributed by atoms with Crippen LogP contribution in [0.5, 0.6) is 0 Å². The average molecular weight is 205 g/mol. The normalized spacial score (nSPS) is 10.4. The highest BCUT2D eigenvalue weighted by Gasteiger charge is 2.04. The molecule has 0 atom stereocenters. The fraction of sp³-hybridized carbons (Fsp3) is 0. The number of nitrogens with zero attached hydrogens (tertiary/aromatic N) is 3. The Bertz CT molecular complexity index is 726. The van der Waals surface area contributed by atoms with E-state index in [1.54, 1.807) is 6.07 Å². The van der Waals surface area contributed by atoms with E-state index in [9.17, 15) is 0 Å². The van der Waals surface area contributed by atoms with Gasteiger partial charge < -0.3 is 0 Å². The fourth-order valence-corrected chi connectivity index (χ4v) is 1.73. The van der Waals surface area contributed by atoms with Gasteiger partial charge >= 0.3 is 0 Å². The zero-order valence-corrected chi connectivity index (χ0v) is 8.38. The Balaban J connectivity index is 2.52. The molecule has 3 heteroatoms. The molecule has 0 aliphatic carbocycles. The maximum absolute atomic E-state index is 8.99. The molecule has 0 radical (unpaired) electrons. The van der Waals surface area contributed by atoms with Gasteiger partial charge in [0.2, 0.25) is 0 Å². The van der Waals surface area contributed by atoms with Crippen molar-refractivity contribution < 1.29 is 0 Å². The predicted octanol–water partition coefficient (Wildman–Crippen LogP) is 2.65. The van der Waals surface area contributed by atoms with Crippen molar-refractivity contribution in [3.05, 3.63) is 48.0 Å². The van der Waals surface area contributed by atoms with E-state index < -0.39 is 0 Å². The molecule has 3 nitrogen and oxygen atoms in total. The molecule has 1 aromatic heterocycles. The lowest BCUT2D eigenvalue weighted by molar-refractivity contribution is 1.38. The van der Waals surface area contributed by atoms with Crippen LogP contribution in [0.2, 0.25) is 0 Å². The van der Waals surface area contributed by atoms with Gasteiger partial charge in [-0.15, -0.1) is 0 Å². The Morgan fingerprint density at radius 2 is 1.50 bits per heavy atom. The smallest absolute Gasteiger partial charge is 0.107 e. The molecule has 0 amide bonds. The summed E-state index contributed by atoms with van der Waals surface area (Å²) in [5.41, 5.74) is 3.67. The van der Waals surface area contributed by atoms with Crippen LogP contribution in [0.15, 0.2) is 42.5 Å². The summed E-state index contributed by atoms with van der Waals surface area (Å²) < 4.78 is 0. The summed E-state index contributed by atoms with van der Waals surface area (Å²) in [6.07, 6.45) is 0. The number of hydrogen-bond acceptors (Lipinski definition) is 3. The predicted molar refractivity (Wildman–Crippen MR) is 61.8 cm³/mol. The minimum absolute atomic E-state index is 0.566. The topological polar surface area (TPSA) is 49.6 Å². The molecule has 0 spiro atoms. The van der Waals surface area contributed by atoms with Crippen LogP contribution in [-0.4, -0.2) is 9.97 Å². The monoisotopic (exact) mass is 205 g/mol. The number of rotatable bonds is 0. The molecule has 0 aliphatic heterocycles. The van der Waals surface area contributed by atoms with E-state index in [1.165, 1.54) is 0 Å². The third-order valence-corrected chi connectivity index (χ3v) is 2.49. The second-order valence-corrected chi connectivity index (χ2v) is 3.50. The van der Waals surface area contributed by atoms with E-state index >= 15 is 0 Å². The number of fused-ring (bicyclic) bond motifs is 2. The van der Waals surface area contributed by atoms with E-state index in [2.05, 4.69) is 16.0 Å². The second kappa shape index (κ2) is 3.28. The molecule has 0 unspecified atom stereocenters. The minimum atomic E-state index is 0.566. The molecule has 3 rings (SSSR count). The molecule has 0 aliphatic rings. The van der Waals surface area contributed by atoms with E-state index in [-0.39, 0.29) is 0 Å². The van der Waals surface area contributed by atoms with Gasteiger partial charge in [0.15, 0.2) is 0 Å². The first-order valence-corrected chi connectivity index (χ1v) is 4.94. The van der Waals surface area contributed by atoms with Crippen LogP contribution < -0.4 is 0 Å². The molecule has 0 saturated heterocycles. The SMILES string of the molecule is N#Cc1cccc2nc3ccccc3nc12. The minimum Gasteiger partial charge on any atom is -0.244 e. The van der Waals surface area contributed by atoms with Gasteiger partial charge in [-0.25, -0.2) is 9.97 Å². The van der Waals surface area contributed by atoms with Gasteiger partial charge in [-0.3, -0.25) is 0 Å². The Morgan fingerprint density at radius 1 is 0.812 bits per heavy atom. The zero-order valence-electron chi connectivity index (χ0n) is 8.38. The van der Waals surface area contributed by atoms with Gasteiger partial charge in [-0.2, -0.15) is 5.26 Å². The van der Waals surface area contributed by atoms with Crippen LogP contribution in [0, 0.1) is 11.3 Å². The summed E-state index contributed by atoms with van der Waals surface area (Å²) in [6, 6.07) is 15.2. The lowest BCUT2D eigenvalue weighted by atomic mass is 10.2. The molecule has 3 aromatic rings. The van der Waals surface area contributed by atoms with E-state index in [1.807, 2.05) is 36.4 Å². The molecule has 2 aromatic carbocycles. The Kier molecular flexibility index (Phi) is 1.81. The third-order valence-electron chi connectivity index (χ3n) is 2.49. The van der Waals surface area contributed by atoms with E-state index in [0.717, 1.165) is 16.6 Å². The van der Waals surface area contributed by atoms with Crippen molar-refractivity contribution in [2.24, 2.45) is 0 Å². The largest absolute Gasteiger partial charge is 0.244 e. The Morgan fingerprint density at radius 3 is 2.25 bits per heavy atom. The van der Waals surface area contributed by atoms with Gasteiger partial charge in [0.25, 0.3) is 0 Å². The third kappa shape index (κ3) is 1.21. The van der Waals surface area contributed by atoms with Crippen molar-refractivity contribution in [2.45, 2.75) is 0 Å². The van der Waals surface area contributed by atoms with Gasteiger partial charge in [-0.1, -0.05) is 18.2 Å². The lowest BCUT2D eigenvalue weighted by Gasteiger charge is -2.01. The molecule has 0 fully saturated rings. The number of hydrogen-bond donors (Lipinski definition) is 0. The molecular formula is C13H7N3. The van der Waals surface area contributed by atoms with Crippen molar-refractivity contribution in [2.75, 3.05) is 0 Å². The molecular weight excluding hydrogens is 198 g/mol. The molecule has 0 saturated carbocycles. The number of aromatic nitrogens is 2. The molecule has 1 heterocycles. The van der Waals surface area contributed by atoms with Gasteiger partial charge in [0, 0.05) is 0 Å².